The summed E-state index contributed by atoms with van der Waals surface area (Å²) < 4.78 is 0. The van der Waals surface area contributed by atoms with E-state index in [-0.39, 0.29) is 17.2 Å². The summed E-state index contributed by atoms with van der Waals surface area (Å²) in [7, 11) is 0. The maximum atomic E-state index is 12.8. The molecule has 4 rings (SSSR count). The van der Waals surface area contributed by atoms with Gasteiger partial charge in [-0.05, 0) is 42.9 Å². The third-order valence-electron chi connectivity index (χ3n) is 6.67. The third-order valence-corrected chi connectivity index (χ3v) is 6.67. The highest BCUT2D eigenvalue weighted by molar-refractivity contribution is 6.39. The highest BCUT2D eigenvalue weighted by Gasteiger charge is 2.43. The number of hydrogen-bond donors (Lipinski definition) is 1. The predicted molar refractivity (Wildman–Crippen MR) is 113 cm³/mol. The highest BCUT2D eigenvalue weighted by Crippen LogP contribution is 2.39. The average molecular weight is 397 g/mol. The van der Waals surface area contributed by atoms with E-state index in [2.05, 4.69) is 53.5 Å². The summed E-state index contributed by atoms with van der Waals surface area (Å²) in [5.41, 5.74) is 5.89. The maximum absolute atomic E-state index is 12.8. The Hall–Kier alpha value is -2.21. The molecule has 3 heterocycles. The number of hydrazone groups is 1. The van der Waals surface area contributed by atoms with Crippen molar-refractivity contribution < 1.29 is 9.59 Å². The Bertz CT molecular complexity index is 802. The Kier molecular flexibility index (Phi) is 5.72. The topological polar surface area (TPSA) is 65.0 Å². The Morgan fingerprint density at radius 2 is 1.93 bits per heavy atom. The minimum absolute atomic E-state index is 0.00303. The molecule has 2 saturated heterocycles. The van der Waals surface area contributed by atoms with E-state index in [4.69, 9.17) is 0 Å². The summed E-state index contributed by atoms with van der Waals surface area (Å²) in [5.74, 6) is 0.457. The number of amides is 2. The van der Waals surface area contributed by atoms with E-state index in [1.807, 2.05) is 4.90 Å². The van der Waals surface area contributed by atoms with Crippen molar-refractivity contribution in [3.05, 3.63) is 35.4 Å². The molecule has 0 radical (unpaired) electrons. The summed E-state index contributed by atoms with van der Waals surface area (Å²) in [6.07, 6.45) is 4.23. The van der Waals surface area contributed by atoms with E-state index in [0.29, 0.717) is 24.5 Å². The van der Waals surface area contributed by atoms with Crippen LogP contribution >= 0.6 is 0 Å². The average Bonchev–Trinajstić information content (AvgIpc) is 3.11. The van der Waals surface area contributed by atoms with Crippen molar-refractivity contribution in [3.63, 3.8) is 0 Å². The summed E-state index contributed by atoms with van der Waals surface area (Å²) in [6, 6.07) is 9.02. The summed E-state index contributed by atoms with van der Waals surface area (Å²) in [4.78, 5) is 28.6. The molecule has 156 valence electrons. The van der Waals surface area contributed by atoms with Crippen molar-refractivity contribution in [1.29, 1.82) is 0 Å². The van der Waals surface area contributed by atoms with E-state index in [0.717, 1.165) is 39.1 Å². The molecule has 6 nitrogen and oxygen atoms in total. The molecule has 3 aliphatic rings. The molecule has 1 aromatic rings. The predicted octanol–water partition coefficient (Wildman–Crippen LogP) is 2.89. The van der Waals surface area contributed by atoms with Crippen molar-refractivity contribution in [2.24, 2.45) is 10.5 Å². The lowest BCUT2D eigenvalue weighted by Crippen LogP contribution is -2.46. The van der Waals surface area contributed by atoms with E-state index in [1.54, 1.807) is 0 Å². The fourth-order valence-corrected chi connectivity index (χ4v) is 4.96. The molecule has 0 saturated carbocycles. The van der Waals surface area contributed by atoms with Gasteiger partial charge in [0, 0.05) is 44.4 Å². The van der Waals surface area contributed by atoms with Crippen LogP contribution in [0.1, 0.15) is 63.0 Å². The summed E-state index contributed by atoms with van der Waals surface area (Å²) in [6.45, 7) is 9.20. The Balaban J connectivity index is 1.36. The van der Waals surface area contributed by atoms with Crippen LogP contribution < -0.4 is 5.43 Å². The van der Waals surface area contributed by atoms with E-state index >= 15 is 0 Å². The quantitative estimate of drug-likeness (QED) is 0.851. The van der Waals surface area contributed by atoms with Gasteiger partial charge >= 0.3 is 0 Å². The van der Waals surface area contributed by atoms with Crippen molar-refractivity contribution in [2.45, 2.75) is 58.4 Å². The Morgan fingerprint density at radius 1 is 1.14 bits per heavy atom. The number of piperidine rings is 1. The number of hydrogen-bond acceptors (Lipinski definition) is 4. The second kappa shape index (κ2) is 8.27. The van der Waals surface area contributed by atoms with Gasteiger partial charge in [0.05, 0.1) is 0 Å². The SMILES string of the molecule is CC(C)c1ccc(CN2CCC[C@]3(CCN(C(=O)C4=NNC(=O)CC4)C3)C2)cc1. The smallest absolute Gasteiger partial charge is 0.270 e. The molecule has 0 aliphatic carbocycles. The van der Waals surface area contributed by atoms with Crippen LogP contribution in [0, 0.1) is 5.41 Å². The van der Waals surface area contributed by atoms with Crippen molar-refractivity contribution in [1.82, 2.24) is 15.2 Å². The monoisotopic (exact) mass is 396 g/mol. The van der Waals surface area contributed by atoms with Gasteiger partial charge in [0.15, 0.2) is 0 Å². The number of benzene rings is 1. The molecule has 1 aromatic carbocycles. The van der Waals surface area contributed by atoms with Crippen LogP contribution in [-0.4, -0.2) is 53.5 Å². The highest BCUT2D eigenvalue weighted by atomic mass is 16.2. The van der Waals surface area contributed by atoms with Crippen molar-refractivity contribution in [3.8, 4) is 0 Å². The number of nitrogens with zero attached hydrogens (tertiary/aromatic N) is 3. The van der Waals surface area contributed by atoms with Crippen molar-refractivity contribution >= 4 is 17.5 Å². The molecular weight excluding hydrogens is 364 g/mol. The first-order valence-corrected chi connectivity index (χ1v) is 10.9. The summed E-state index contributed by atoms with van der Waals surface area (Å²) in [5, 5.41) is 3.99. The molecule has 1 atom stereocenters. The van der Waals surface area contributed by atoms with E-state index < -0.39 is 0 Å². The van der Waals surface area contributed by atoms with Gasteiger partial charge in [-0.2, -0.15) is 5.10 Å². The van der Waals surface area contributed by atoms with Crippen LogP contribution in [0.25, 0.3) is 0 Å². The molecule has 29 heavy (non-hydrogen) atoms. The van der Waals surface area contributed by atoms with Gasteiger partial charge in [-0.25, -0.2) is 5.43 Å². The number of nitrogens with one attached hydrogen (secondary N) is 1. The van der Waals surface area contributed by atoms with Crippen molar-refractivity contribution in [2.75, 3.05) is 26.2 Å². The normalized spacial score (nSPS) is 25.4. The van der Waals surface area contributed by atoms with Crippen LogP contribution in [0.15, 0.2) is 29.4 Å². The number of rotatable bonds is 4. The van der Waals surface area contributed by atoms with E-state index in [9.17, 15) is 9.59 Å². The van der Waals surface area contributed by atoms with Gasteiger partial charge in [-0.1, -0.05) is 38.1 Å². The van der Waals surface area contributed by atoms with Crippen LogP contribution in [0.2, 0.25) is 0 Å². The van der Waals surface area contributed by atoms with Gasteiger partial charge in [0.2, 0.25) is 5.91 Å². The second-order valence-corrected chi connectivity index (χ2v) is 9.28. The first-order valence-electron chi connectivity index (χ1n) is 10.9. The molecule has 6 heteroatoms. The largest absolute Gasteiger partial charge is 0.337 e. The van der Waals surface area contributed by atoms with Gasteiger partial charge in [-0.15, -0.1) is 0 Å². The van der Waals surface area contributed by atoms with Gasteiger partial charge in [-0.3, -0.25) is 14.5 Å². The molecule has 2 amide bonds. The van der Waals surface area contributed by atoms with Gasteiger partial charge in [0.1, 0.15) is 5.71 Å². The van der Waals surface area contributed by atoms with Crippen LogP contribution in [-0.2, 0) is 16.1 Å². The second-order valence-electron chi connectivity index (χ2n) is 9.28. The van der Waals surface area contributed by atoms with Crippen LogP contribution in [0.3, 0.4) is 0 Å². The zero-order valence-corrected chi connectivity index (χ0v) is 17.6. The standard InChI is InChI=1S/C23H32N4O2/c1-17(2)19-6-4-18(5-7-19)14-26-12-3-10-23(15-26)11-13-27(16-23)22(29)20-8-9-21(28)25-24-20/h4-7,17H,3,8-16H2,1-2H3,(H,25,28)/t23-/m0/s1. The first-order chi connectivity index (χ1) is 13.9. The third kappa shape index (κ3) is 4.53. The molecule has 1 spiro atoms. The number of likely N-dealkylation sites (tertiary alicyclic amines) is 2. The molecule has 1 N–H and O–H groups in total. The molecule has 0 aromatic heterocycles. The number of carbonyl (C=O) groups excluding carboxylic acids is 2. The fourth-order valence-electron chi connectivity index (χ4n) is 4.96. The lowest BCUT2D eigenvalue weighted by atomic mass is 9.79. The molecule has 2 fully saturated rings. The van der Waals surface area contributed by atoms with Gasteiger partial charge in [0.25, 0.3) is 5.91 Å². The first kappa shape index (κ1) is 20.1. The fraction of sp³-hybridized carbons (Fsp3) is 0.609. The zero-order valence-electron chi connectivity index (χ0n) is 17.6. The molecular formula is C23H32N4O2. The minimum Gasteiger partial charge on any atom is -0.337 e. The van der Waals surface area contributed by atoms with Crippen LogP contribution in [0.5, 0.6) is 0 Å². The van der Waals surface area contributed by atoms with E-state index in [1.165, 1.54) is 24.0 Å². The summed E-state index contributed by atoms with van der Waals surface area (Å²) >= 11 is 0. The molecule has 0 unspecified atom stereocenters. The maximum Gasteiger partial charge on any atom is 0.270 e. The Morgan fingerprint density at radius 3 is 2.62 bits per heavy atom. The zero-order chi connectivity index (χ0) is 20.4. The Labute approximate surface area is 173 Å². The van der Waals surface area contributed by atoms with Gasteiger partial charge < -0.3 is 4.90 Å². The lowest BCUT2D eigenvalue weighted by Gasteiger charge is -2.40. The molecule has 3 aliphatic heterocycles. The lowest BCUT2D eigenvalue weighted by molar-refractivity contribution is -0.124. The molecule has 0 bridgehead atoms. The van der Waals surface area contributed by atoms with Crippen LogP contribution in [0.4, 0.5) is 0 Å². The minimum atomic E-state index is -0.108. The number of carbonyl (C=O) groups is 2.